The molecule has 6 nitrogen and oxygen atoms in total. The van der Waals surface area contributed by atoms with Crippen molar-refractivity contribution >= 4 is 32.2 Å². The van der Waals surface area contributed by atoms with Crippen LogP contribution in [0.1, 0.15) is 5.56 Å². The normalized spacial score (nSPS) is 11.5. The number of halogens is 2. The monoisotopic (exact) mass is 306 g/mol. The molecule has 0 saturated heterocycles. The van der Waals surface area contributed by atoms with Crippen molar-refractivity contribution in [3.8, 4) is 0 Å². The van der Waals surface area contributed by atoms with E-state index in [4.69, 9.17) is 5.73 Å². The average Bonchev–Trinajstić information content (AvgIpc) is 2.73. The molecular formula is C9H8F2N4O2S2. The molecule has 1 heterocycles. The SMILES string of the molecule is Cc1cc(F)c(NS(=O)(=O)c2nnc(N)s2)cc1F. The van der Waals surface area contributed by atoms with Crippen LogP contribution < -0.4 is 10.5 Å². The van der Waals surface area contributed by atoms with E-state index in [1.807, 2.05) is 4.72 Å². The van der Waals surface area contributed by atoms with E-state index in [9.17, 15) is 17.2 Å². The van der Waals surface area contributed by atoms with Crippen LogP contribution in [-0.4, -0.2) is 18.6 Å². The molecule has 2 aromatic rings. The summed E-state index contributed by atoms with van der Waals surface area (Å²) in [5.41, 5.74) is 4.83. The molecule has 0 aliphatic heterocycles. The van der Waals surface area contributed by atoms with Crippen LogP contribution in [0.3, 0.4) is 0 Å². The van der Waals surface area contributed by atoms with E-state index in [0.717, 1.165) is 12.1 Å². The lowest BCUT2D eigenvalue weighted by Crippen LogP contribution is -2.14. The number of benzene rings is 1. The first-order chi connectivity index (χ1) is 8.79. The van der Waals surface area contributed by atoms with Crippen LogP contribution in [0.4, 0.5) is 19.6 Å². The second-order valence-electron chi connectivity index (χ2n) is 3.59. The summed E-state index contributed by atoms with van der Waals surface area (Å²) in [5.74, 6) is -1.61. The topological polar surface area (TPSA) is 98.0 Å². The third-order valence-corrected chi connectivity index (χ3v) is 4.63. The van der Waals surface area contributed by atoms with Crippen molar-refractivity contribution in [3.63, 3.8) is 0 Å². The minimum absolute atomic E-state index is 0.0454. The van der Waals surface area contributed by atoms with Gasteiger partial charge in [-0.1, -0.05) is 11.3 Å². The Morgan fingerprint density at radius 3 is 2.53 bits per heavy atom. The van der Waals surface area contributed by atoms with Gasteiger partial charge in [0.15, 0.2) is 0 Å². The van der Waals surface area contributed by atoms with E-state index in [-0.39, 0.29) is 10.7 Å². The molecule has 1 aromatic carbocycles. The van der Waals surface area contributed by atoms with Crippen LogP contribution in [0.15, 0.2) is 16.5 Å². The molecule has 19 heavy (non-hydrogen) atoms. The highest BCUT2D eigenvalue weighted by atomic mass is 32.2. The molecule has 102 valence electrons. The van der Waals surface area contributed by atoms with Crippen molar-refractivity contribution in [1.29, 1.82) is 0 Å². The summed E-state index contributed by atoms with van der Waals surface area (Å²) in [4.78, 5) is 0. The molecule has 0 fully saturated rings. The summed E-state index contributed by atoms with van der Waals surface area (Å²) in [7, 11) is -4.14. The molecule has 0 amide bonds. The van der Waals surface area contributed by atoms with Crippen molar-refractivity contribution < 1.29 is 17.2 Å². The Balaban J connectivity index is 2.38. The zero-order valence-electron chi connectivity index (χ0n) is 9.52. The minimum atomic E-state index is -4.14. The van der Waals surface area contributed by atoms with Gasteiger partial charge >= 0.3 is 0 Å². The number of hydrogen-bond acceptors (Lipinski definition) is 6. The van der Waals surface area contributed by atoms with Crippen molar-refractivity contribution in [2.45, 2.75) is 11.3 Å². The van der Waals surface area contributed by atoms with Crippen molar-refractivity contribution in [2.24, 2.45) is 0 Å². The Bertz CT molecular complexity index is 730. The number of sulfonamides is 1. The van der Waals surface area contributed by atoms with Crippen LogP contribution in [0, 0.1) is 18.6 Å². The number of aryl methyl sites for hydroxylation is 1. The van der Waals surface area contributed by atoms with E-state index >= 15 is 0 Å². The molecule has 0 aliphatic carbocycles. The fourth-order valence-electron chi connectivity index (χ4n) is 1.24. The molecule has 0 atom stereocenters. The first-order valence-corrected chi connectivity index (χ1v) is 7.17. The smallest absolute Gasteiger partial charge is 0.291 e. The van der Waals surface area contributed by atoms with Gasteiger partial charge in [-0.2, -0.15) is 8.42 Å². The van der Waals surface area contributed by atoms with E-state index in [1.165, 1.54) is 6.92 Å². The van der Waals surface area contributed by atoms with Gasteiger partial charge in [0.2, 0.25) is 5.13 Å². The number of rotatable bonds is 3. The van der Waals surface area contributed by atoms with Gasteiger partial charge in [-0.25, -0.2) is 8.78 Å². The highest BCUT2D eigenvalue weighted by Gasteiger charge is 2.21. The van der Waals surface area contributed by atoms with Crippen LogP contribution >= 0.6 is 11.3 Å². The number of aromatic nitrogens is 2. The number of nitrogen functional groups attached to an aromatic ring is 1. The highest BCUT2D eigenvalue weighted by Crippen LogP contribution is 2.24. The fraction of sp³-hybridized carbons (Fsp3) is 0.111. The standard InChI is InChI=1S/C9H8F2N4O2S2/c1-4-2-6(11)7(3-5(4)10)15-19(16,17)9-14-13-8(12)18-9/h2-3,15H,1H3,(H2,12,13). The molecule has 1 aromatic heterocycles. The molecule has 0 unspecified atom stereocenters. The van der Waals surface area contributed by atoms with Gasteiger partial charge in [-0.3, -0.25) is 4.72 Å². The Labute approximate surface area is 111 Å². The average molecular weight is 306 g/mol. The lowest BCUT2D eigenvalue weighted by atomic mass is 10.2. The highest BCUT2D eigenvalue weighted by molar-refractivity contribution is 7.94. The van der Waals surface area contributed by atoms with E-state index in [1.54, 1.807) is 0 Å². The molecule has 0 radical (unpaired) electrons. The van der Waals surface area contributed by atoms with Gasteiger partial charge in [0, 0.05) is 6.07 Å². The molecule has 2 rings (SSSR count). The largest absolute Gasteiger partial charge is 0.374 e. The summed E-state index contributed by atoms with van der Waals surface area (Å²) >= 11 is 0.616. The maximum absolute atomic E-state index is 13.5. The predicted molar refractivity (Wildman–Crippen MR) is 66.2 cm³/mol. The number of anilines is 2. The second kappa shape index (κ2) is 4.70. The van der Waals surface area contributed by atoms with E-state index < -0.39 is 31.7 Å². The van der Waals surface area contributed by atoms with E-state index in [2.05, 4.69) is 10.2 Å². The quantitative estimate of drug-likeness (QED) is 0.895. The molecule has 0 saturated carbocycles. The van der Waals surface area contributed by atoms with Gasteiger partial charge in [0.1, 0.15) is 11.6 Å². The molecule has 10 heteroatoms. The minimum Gasteiger partial charge on any atom is -0.374 e. The van der Waals surface area contributed by atoms with Crippen LogP contribution in [0.25, 0.3) is 0 Å². The Morgan fingerprint density at radius 1 is 1.26 bits per heavy atom. The summed E-state index contributed by atoms with van der Waals surface area (Å²) < 4.78 is 51.9. The molecular weight excluding hydrogens is 298 g/mol. The van der Waals surface area contributed by atoms with Crippen molar-refractivity contribution in [3.05, 3.63) is 29.3 Å². The number of nitrogens with zero attached hydrogens (tertiary/aromatic N) is 2. The zero-order chi connectivity index (χ0) is 14.2. The molecule has 0 bridgehead atoms. The molecule has 0 spiro atoms. The van der Waals surface area contributed by atoms with Crippen molar-refractivity contribution in [2.75, 3.05) is 10.5 Å². The third kappa shape index (κ3) is 2.79. The van der Waals surface area contributed by atoms with E-state index in [0.29, 0.717) is 11.3 Å². The summed E-state index contributed by atoms with van der Waals surface area (Å²) in [6.07, 6.45) is 0. The first-order valence-electron chi connectivity index (χ1n) is 4.87. The molecule has 3 N–H and O–H groups in total. The predicted octanol–water partition coefficient (Wildman–Crippen LogP) is 1.51. The Morgan fingerprint density at radius 2 is 1.95 bits per heavy atom. The Kier molecular flexibility index (Phi) is 3.37. The van der Waals surface area contributed by atoms with Gasteiger partial charge in [0.25, 0.3) is 14.4 Å². The fourth-order valence-corrected chi connectivity index (χ4v) is 3.09. The third-order valence-electron chi connectivity index (χ3n) is 2.14. The van der Waals surface area contributed by atoms with Gasteiger partial charge in [-0.05, 0) is 18.6 Å². The number of nitrogens with one attached hydrogen (secondary N) is 1. The van der Waals surface area contributed by atoms with Crippen molar-refractivity contribution in [1.82, 2.24) is 10.2 Å². The number of hydrogen-bond donors (Lipinski definition) is 2. The van der Waals surface area contributed by atoms with Crippen LogP contribution in [-0.2, 0) is 10.0 Å². The van der Waals surface area contributed by atoms with Crippen LogP contribution in [0.2, 0.25) is 0 Å². The molecule has 0 aliphatic rings. The van der Waals surface area contributed by atoms with Gasteiger partial charge in [-0.15, -0.1) is 10.2 Å². The maximum Gasteiger partial charge on any atom is 0.291 e. The summed E-state index contributed by atoms with van der Waals surface area (Å²) in [6, 6.07) is 1.65. The number of nitrogens with two attached hydrogens (primary N) is 1. The lowest BCUT2D eigenvalue weighted by Gasteiger charge is -2.07. The maximum atomic E-state index is 13.5. The van der Waals surface area contributed by atoms with Gasteiger partial charge in [0.05, 0.1) is 5.69 Å². The summed E-state index contributed by atoms with van der Waals surface area (Å²) in [6.45, 7) is 1.36. The second-order valence-corrected chi connectivity index (χ2v) is 6.46. The van der Waals surface area contributed by atoms with Gasteiger partial charge < -0.3 is 5.73 Å². The lowest BCUT2D eigenvalue weighted by molar-refractivity contribution is 0.589. The van der Waals surface area contributed by atoms with Crippen LogP contribution in [0.5, 0.6) is 0 Å². The Hall–Kier alpha value is -1.81. The zero-order valence-corrected chi connectivity index (χ0v) is 11.1. The first kappa shape index (κ1) is 13.6. The summed E-state index contributed by atoms with van der Waals surface area (Å²) in [5, 5.41) is 6.62.